The fraction of sp³-hybridized carbons (Fsp3) is 0. The molecular formula is C9H3Br2NO. The molecule has 0 atom stereocenters. The SMILES string of the molecule is Oc1c(Br)cc(Br)c2c#ccnc12. The van der Waals surface area contributed by atoms with Gasteiger partial charge < -0.3 is 5.11 Å². The fourth-order valence-corrected chi connectivity index (χ4v) is 2.28. The van der Waals surface area contributed by atoms with Gasteiger partial charge in [0.1, 0.15) is 5.52 Å². The van der Waals surface area contributed by atoms with Crippen LogP contribution in [0.5, 0.6) is 5.75 Å². The molecule has 2 nitrogen and oxygen atoms in total. The van der Waals surface area contributed by atoms with Gasteiger partial charge in [0.05, 0.1) is 16.1 Å². The molecule has 2 aromatic rings. The number of hydrogen-bond acceptors (Lipinski definition) is 2. The van der Waals surface area contributed by atoms with Crippen LogP contribution < -0.4 is 0 Å². The first-order chi connectivity index (χ1) is 6.20. The number of phenolic OH excluding ortho intramolecular Hbond substituents is 1. The monoisotopic (exact) mass is 299 g/mol. The van der Waals surface area contributed by atoms with Gasteiger partial charge in [-0.1, -0.05) is 6.07 Å². The lowest BCUT2D eigenvalue weighted by molar-refractivity contribution is 0.477. The first-order valence-corrected chi connectivity index (χ1v) is 5.04. The van der Waals surface area contributed by atoms with Crippen molar-refractivity contribution >= 4 is 42.8 Å². The van der Waals surface area contributed by atoms with Crippen molar-refractivity contribution in [2.75, 3.05) is 0 Å². The van der Waals surface area contributed by atoms with E-state index in [4.69, 9.17) is 0 Å². The molecule has 0 aliphatic heterocycles. The minimum absolute atomic E-state index is 0.128. The average Bonchev–Trinajstić information content (AvgIpc) is 2.15. The molecule has 0 aliphatic carbocycles. The molecule has 2 rings (SSSR count). The van der Waals surface area contributed by atoms with Crippen LogP contribution in [-0.2, 0) is 0 Å². The number of benzene rings is 1. The molecule has 0 fully saturated rings. The predicted molar refractivity (Wildman–Crippen MR) is 56.5 cm³/mol. The summed E-state index contributed by atoms with van der Waals surface area (Å²) in [7, 11) is 0. The van der Waals surface area contributed by atoms with Gasteiger partial charge in [0.25, 0.3) is 0 Å². The van der Waals surface area contributed by atoms with Crippen molar-refractivity contribution in [3.63, 3.8) is 0 Å². The van der Waals surface area contributed by atoms with Crippen LogP contribution in [0.2, 0.25) is 0 Å². The van der Waals surface area contributed by atoms with Gasteiger partial charge in [-0.05, 0) is 44.0 Å². The molecule has 1 N–H and O–H groups in total. The third-order valence-electron chi connectivity index (χ3n) is 1.63. The van der Waals surface area contributed by atoms with Gasteiger partial charge in [-0.2, -0.15) is 0 Å². The summed E-state index contributed by atoms with van der Waals surface area (Å²) in [6, 6.07) is 7.36. The second-order valence-corrected chi connectivity index (χ2v) is 4.15. The Hall–Kier alpha value is -0.790. The third-order valence-corrected chi connectivity index (χ3v) is 2.86. The van der Waals surface area contributed by atoms with Crippen LogP contribution in [0.4, 0.5) is 0 Å². The van der Waals surface area contributed by atoms with Crippen molar-refractivity contribution in [3.05, 3.63) is 33.3 Å². The lowest BCUT2D eigenvalue weighted by Crippen LogP contribution is -1.80. The number of aromatic hydroxyl groups is 1. The Morgan fingerprint density at radius 1 is 1.31 bits per heavy atom. The van der Waals surface area contributed by atoms with Gasteiger partial charge in [-0.25, -0.2) is 4.98 Å². The number of nitrogens with zero attached hydrogens (tertiary/aromatic N) is 1. The van der Waals surface area contributed by atoms with E-state index in [9.17, 15) is 5.11 Å². The zero-order valence-electron chi connectivity index (χ0n) is 6.31. The predicted octanol–water partition coefficient (Wildman–Crippen LogP) is 3.07. The van der Waals surface area contributed by atoms with Gasteiger partial charge in [0.15, 0.2) is 5.75 Å². The van der Waals surface area contributed by atoms with E-state index >= 15 is 0 Å². The maximum atomic E-state index is 9.62. The Bertz CT molecular complexity index is 470. The van der Waals surface area contributed by atoms with E-state index in [1.165, 1.54) is 6.20 Å². The van der Waals surface area contributed by atoms with E-state index in [0.717, 1.165) is 9.86 Å². The second kappa shape index (κ2) is 3.17. The van der Waals surface area contributed by atoms with Gasteiger partial charge in [-0.15, -0.1) is 0 Å². The quantitative estimate of drug-likeness (QED) is 0.811. The van der Waals surface area contributed by atoms with Crippen LogP contribution >= 0.6 is 31.9 Å². The molecule has 1 heterocycles. The number of phenols is 1. The number of hydrogen-bond donors (Lipinski definition) is 1. The standard InChI is InChI=1S/C9H3Br2NO/c10-6-4-7(11)9(13)8-5(6)2-1-3-12-8/h3-4,13H. The highest BCUT2D eigenvalue weighted by atomic mass is 79.9. The van der Waals surface area contributed by atoms with Crippen molar-refractivity contribution < 1.29 is 5.11 Å². The molecule has 0 amide bonds. The maximum Gasteiger partial charge on any atom is 0.156 e. The molecule has 1 aromatic carbocycles. The molecule has 4 heteroatoms. The lowest BCUT2D eigenvalue weighted by Gasteiger charge is -2.01. The van der Waals surface area contributed by atoms with E-state index in [1.807, 2.05) is 0 Å². The molecule has 1 aromatic heterocycles. The number of rotatable bonds is 0. The minimum Gasteiger partial charge on any atom is -0.505 e. The summed E-state index contributed by atoms with van der Waals surface area (Å²) in [6.45, 7) is 0. The molecular weight excluding hydrogens is 298 g/mol. The normalized spacial score (nSPS) is 10.0. The van der Waals surface area contributed by atoms with E-state index in [1.54, 1.807) is 6.07 Å². The lowest BCUT2D eigenvalue weighted by atomic mass is 10.2. The van der Waals surface area contributed by atoms with E-state index in [2.05, 4.69) is 49.0 Å². The Morgan fingerprint density at radius 3 is 2.85 bits per heavy atom. The summed E-state index contributed by atoms with van der Waals surface area (Å²) in [4.78, 5) is 4.01. The van der Waals surface area contributed by atoms with Crippen molar-refractivity contribution in [1.82, 2.24) is 4.98 Å². The fourth-order valence-electron chi connectivity index (χ4n) is 1.04. The summed E-state index contributed by atoms with van der Waals surface area (Å²) >= 11 is 6.57. The van der Waals surface area contributed by atoms with Crippen molar-refractivity contribution in [3.8, 4) is 5.75 Å². The molecule has 0 aliphatic rings. The van der Waals surface area contributed by atoms with Crippen LogP contribution in [0.3, 0.4) is 0 Å². The second-order valence-electron chi connectivity index (χ2n) is 2.44. The Kier molecular flexibility index (Phi) is 2.14. The largest absolute Gasteiger partial charge is 0.505 e. The molecule has 0 unspecified atom stereocenters. The topological polar surface area (TPSA) is 33.1 Å². The van der Waals surface area contributed by atoms with Crippen molar-refractivity contribution in [2.45, 2.75) is 0 Å². The molecule has 0 saturated carbocycles. The summed E-state index contributed by atoms with van der Waals surface area (Å²) in [5, 5.41) is 10.3. The zero-order valence-corrected chi connectivity index (χ0v) is 9.48. The first kappa shape index (κ1) is 8.79. The number of halogens is 2. The summed E-state index contributed by atoms with van der Waals surface area (Å²) in [5.74, 6) is 0.128. The van der Waals surface area contributed by atoms with Crippen LogP contribution in [0.15, 0.2) is 21.2 Å². The summed E-state index contributed by atoms with van der Waals surface area (Å²) in [5.41, 5.74) is 0.514. The molecule has 64 valence electrons. The van der Waals surface area contributed by atoms with E-state index in [0.29, 0.717) is 9.99 Å². The van der Waals surface area contributed by atoms with Gasteiger partial charge >= 0.3 is 0 Å². The molecule has 0 bridgehead atoms. The highest BCUT2D eigenvalue weighted by Crippen LogP contribution is 2.35. The highest BCUT2D eigenvalue weighted by Gasteiger charge is 2.08. The molecule has 0 radical (unpaired) electrons. The Balaban J connectivity index is 2.97. The van der Waals surface area contributed by atoms with E-state index in [-0.39, 0.29) is 5.75 Å². The Morgan fingerprint density at radius 2 is 2.08 bits per heavy atom. The highest BCUT2D eigenvalue weighted by molar-refractivity contribution is 9.11. The number of fused-ring (bicyclic) bond motifs is 1. The van der Waals surface area contributed by atoms with Crippen LogP contribution in [0, 0.1) is 12.1 Å². The molecule has 0 saturated heterocycles. The van der Waals surface area contributed by atoms with E-state index < -0.39 is 0 Å². The summed E-state index contributed by atoms with van der Waals surface area (Å²) in [6.07, 6.45) is 1.47. The maximum absolute atomic E-state index is 9.62. The van der Waals surface area contributed by atoms with Crippen LogP contribution in [0.1, 0.15) is 0 Å². The molecule has 13 heavy (non-hydrogen) atoms. The van der Waals surface area contributed by atoms with Gasteiger partial charge in [0.2, 0.25) is 0 Å². The first-order valence-electron chi connectivity index (χ1n) is 3.45. The third kappa shape index (κ3) is 1.38. The smallest absolute Gasteiger partial charge is 0.156 e. The number of aromatic nitrogens is 1. The summed E-state index contributed by atoms with van der Waals surface area (Å²) < 4.78 is 1.44. The molecule has 0 spiro atoms. The van der Waals surface area contributed by atoms with Crippen molar-refractivity contribution in [1.29, 1.82) is 0 Å². The van der Waals surface area contributed by atoms with Crippen LogP contribution in [-0.4, -0.2) is 10.1 Å². The Labute approximate surface area is 91.9 Å². The zero-order chi connectivity index (χ0) is 9.42. The minimum atomic E-state index is 0.128. The van der Waals surface area contributed by atoms with Crippen molar-refractivity contribution in [2.24, 2.45) is 0 Å². The van der Waals surface area contributed by atoms with Gasteiger partial charge in [-0.3, -0.25) is 0 Å². The van der Waals surface area contributed by atoms with Crippen LogP contribution in [0.25, 0.3) is 10.9 Å². The average molecular weight is 301 g/mol. The van der Waals surface area contributed by atoms with Gasteiger partial charge in [0, 0.05) is 4.47 Å².